The lowest BCUT2D eigenvalue weighted by Gasteiger charge is -2.39. The SMILES string of the molecule is Cl.O=c1[nH]c2ccccc2n1CCCN1CCN(C(c2ccccc2)c2ccccc2)CC1.O=c1[nH]c2ccccc2n1CCCN1CCN(C(c2ccccc2)c2ccccc2)CC1. The standard InChI is InChI=1S/2C27H30N4O.ClH/c2*32-27-28-24-14-7-8-15-25(24)31(27)17-9-16-29-18-20-30(21-19-29)26(22-10-3-1-4-11-22)23-12-5-2-6-13-23;/h2*1-8,10-15,26H,9,16-21H2,(H,28,32);1H. The van der Waals surface area contributed by atoms with Crippen molar-refractivity contribution in [2.75, 3.05) is 65.4 Å². The van der Waals surface area contributed by atoms with E-state index in [1.165, 1.54) is 22.3 Å². The third-order valence-corrected chi connectivity index (χ3v) is 13.1. The quantitative estimate of drug-likeness (QED) is 0.114. The molecule has 2 aromatic heterocycles. The highest BCUT2D eigenvalue weighted by atomic mass is 35.5. The molecular formula is C54H61ClN8O2. The van der Waals surface area contributed by atoms with Gasteiger partial charge in [0.1, 0.15) is 0 Å². The number of aromatic amines is 2. The molecule has 2 fully saturated rings. The number of nitrogens with zero attached hydrogens (tertiary/aromatic N) is 6. The average Bonchev–Trinajstić information content (AvgIpc) is 3.85. The number of fused-ring (bicyclic) bond motifs is 2. The van der Waals surface area contributed by atoms with Gasteiger partial charge in [-0.05, 0) is 72.5 Å². The van der Waals surface area contributed by atoms with Crippen molar-refractivity contribution in [3.8, 4) is 0 Å². The Kier molecular flexibility index (Phi) is 15.6. The fourth-order valence-electron chi connectivity index (χ4n) is 9.82. The van der Waals surface area contributed by atoms with Crippen molar-refractivity contribution in [1.82, 2.24) is 38.7 Å². The molecule has 0 amide bonds. The van der Waals surface area contributed by atoms with Crippen molar-refractivity contribution in [2.24, 2.45) is 0 Å². The van der Waals surface area contributed by atoms with Gasteiger partial charge in [0.05, 0.1) is 34.2 Å². The van der Waals surface area contributed by atoms with Crippen molar-refractivity contribution >= 4 is 34.5 Å². The van der Waals surface area contributed by atoms with Crippen molar-refractivity contribution in [1.29, 1.82) is 0 Å². The Morgan fingerprint density at radius 3 is 0.985 bits per heavy atom. The van der Waals surface area contributed by atoms with Crippen LogP contribution in [0.3, 0.4) is 0 Å². The van der Waals surface area contributed by atoms with Crippen LogP contribution in [0.5, 0.6) is 0 Å². The van der Waals surface area contributed by atoms with E-state index in [1.54, 1.807) is 0 Å². The van der Waals surface area contributed by atoms with Crippen LogP contribution in [0, 0.1) is 0 Å². The molecule has 0 saturated carbocycles. The Labute approximate surface area is 388 Å². The van der Waals surface area contributed by atoms with Crippen molar-refractivity contribution < 1.29 is 0 Å². The van der Waals surface area contributed by atoms with Gasteiger partial charge in [0.15, 0.2) is 0 Å². The molecule has 336 valence electrons. The van der Waals surface area contributed by atoms with Crippen molar-refractivity contribution in [3.05, 3.63) is 213 Å². The molecule has 2 aliphatic heterocycles. The van der Waals surface area contributed by atoms with Gasteiger partial charge in [-0.3, -0.25) is 18.9 Å². The Bertz CT molecular complexity index is 2500. The second kappa shape index (κ2) is 22.3. The molecule has 65 heavy (non-hydrogen) atoms. The zero-order valence-corrected chi connectivity index (χ0v) is 37.9. The summed E-state index contributed by atoms with van der Waals surface area (Å²) in [5, 5.41) is 0. The summed E-state index contributed by atoms with van der Waals surface area (Å²) >= 11 is 0. The number of aryl methyl sites for hydroxylation is 2. The van der Waals surface area contributed by atoms with Crippen LogP contribution in [0.4, 0.5) is 0 Å². The second-order valence-corrected chi connectivity index (χ2v) is 17.1. The maximum Gasteiger partial charge on any atom is 0.326 e. The Morgan fingerprint density at radius 2 is 0.662 bits per heavy atom. The maximum absolute atomic E-state index is 12.3. The number of nitrogens with one attached hydrogen (secondary N) is 2. The maximum atomic E-state index is 12.3. The number of benzene rings is 6. The van der Waals surface area contributed by atoms with Crippen LogP contribution in [0.2, 0.25) is 0 Å². The molecule has 4 heterocycles. The zero-order chi connectivity index (χ0) is 43.5. The van der Waals surface area contributed by atoms with E-state index in [-0.39, 0.29) is 23.8 Å². The molecule has 0 bridgehead atoms. The Hall–Kier alpha value is -6.01. The van der Waals surface area contributed by atoms with E-state index >= 15 is 0 Å². The number of piperazine rings is 2. The lowest BCUT2D eigenvalue weighted by molar-refractivity contribution is 0.108. The molecule has 2 aliphatic rings. The second-order valence-electron chi connectivity index (χ2n) is 17.1. The van der Waals surface area contributed by atoms with E-state index in [4.69, 9.17) is 0 Å². The Balaban J connectivity index is 0.000000175. The largest absolute Gasteiger partial charge is 0.326 e. The van der Waals surface area contributed by atoms with Crippen LogP contribution in [0.15, 0.2) is 179 Å². The number of imidazole rings is 2. The van der Waals surface area contributed by atoms with Gasteiger partial charge in [-0.1, -0.05) is 146 Å². The minimum Gasteiger partial charge on any atom is -0.306 e. The van der Waals surface area contributed by atoms with Gasteiger partial charge in [-0.2, -0.15) is 0 Å². The molecule has 11 heteroatoms. The predicted octanol–water partition coefficient (Wildman–Crippen LogP) is 8.68. The van der Waals surface area contributed by atoms with Crippen LogP contribution < -0.4 is 11.4 Å². The van der Waals surface area contributed by atoms with E-state index in [2.05, 4.69) is 151 Å². The first-order chi connectivity index (χ1) is 31.6. The summed E-state index contributed by atoms with van der Waals surface area (Å²) in [6.45, 7) is 11.9. The van der Waals surface area contributed by atoms with Gasteiger partial charge in [-0.15, -0.1) is 12.4 Å². The molecule has 8 aromatic rings. The van der Waals surface area contributed by atoms with Crippen molar-refractivity contribution in [2.45, 2.75) is 38.0 Å². The van der Waals surface area contributed by atoms with Crippen LogP contribution in [0.25, 0.3) is 22.1 Å². The fraction of sp³-hybridized carbons (Fsp3) is 0.296. The molecule has 6 aromatic carbocycles. The highest BCUT2D eigenvalue weighted by Crippen LogP contribution is 2.31. The summed E-state index contributed by atoms with van der Waals surface area (Å²) in [6.07, 6.45) is 1.95. The third kappa shape index (κ3) is 11.1. The molecular weight excluding hydrogens is 828 g/mol. The van der Waals surface area contributed by atoms with Gasteiger partial charge in [0.2, 0.25) is 0 Å². The zero-order valence-electron chi connectivity index (χ0n) is 37.1. The summed E-state index contributed by atoms with van der Waals surface area (Å²) in [7, 11) is 0. The average molecular weight is 890 g/mol. The highest BCUT2D eigenvalue weighted by Gasteiger charge is 2.27. The smallest absolute Gasteiger partial charge is 0.306 e. The number of rotatable bonds is 14. The van der Waals surface area contributed by atoms with Crippen LogP contribution in [-0.4, -0.2) is 104 Å². The van der Waals surface area contributed by atoms with E-state index < -0.39 is 0 Å². The first-order valence-corrected chi connectivity index (χ1v) is 23.1. The molecule has 2 saturated heterocycles. The molecule has 0 spiro atoms. The highest BCUT2D eigenvalue weighted by molar-refractivity contribution is 5.85. The lowest BCUT2D eigenvalue weighted by atomic mass is 9.96. The van der Waals surface area contributed by atoms with Crippen LogP contribution in [0.1, 0.15) is 47.2 Å². The fourth-order valence-corrected chi connectivity index (χ4v) is 9.82. The minimum atomic E-state index is -0.00965. The van der Waals surface area contributed by atoms with E-state index in [0.29, 0.717) is 12.1 Å². The van der Waals surface area contributed by atoms with Gasteiger partial charge in [0.25, 0.3) is 0 Å². The van der Waals surface area contributed by atoms with E-state index in [0.717, 1.165) is 113 Å². The number of hydrogen-bond donors (Lipinski definition) is 2. The van der Waals surface area contributed by atoms with E-state index in [1.807, 2.05) is 57.7 Å². The molecule has 10 rings (SSSR count). The Morgan fingerprint density at radius 1 is 0.369 bits per heavy atom. The predicted molar refractivity (Wildman–Crippen MR) is 267 cm³/mol. The van der Waals surface area contributed by atoms with E-state index in [9.17, 15) is 9.59 Å². The molecule has 10 nitrogen and oxygen atoms in total. The van der Waals surface area contributed by atoms with Gasteiger partial charge >= 0.3 is 11.4 Å². The normalized spacial score (nSPS) is 15.3. The number of halogens is 1. The first-order valence-electron chi connectivity index (χ1n) is 23.1. The molecule has 0 radical (unpaired) electrons. The van der Waals surface area contributed by atoms with Gasteiger partial charge in [-0.25, -0.2) is 9.59 Å². The summed E-state index contributed by atoms with van der Waals surface area (Å²) in [5.41, 5.74) is 9.22. The number of aromatic nitrogens is 4. The number of hydrogen-bond acceptors (Lipinski definition) is 6. The molecule has 2 N–H and O–H groups in total. The van der Waals surface area contributed by atoms with Gasteiger partial charge in [0, 0.05) is 65.4 Å². The lowest BCUT2D eigenvalue weighted by Crippen LogP contribution is -2.48. The summed E-state index contributed by atoms with van der Waals surface area (Å²) in [6, 6.07) is 59.8. The van der Waals surface area contributed by atoms with Crippen LogP contribution >= 0.6 is 12.4 Å². The minimum absolute atomic E-state index is 0. The number of H-pyrrole nitrogens is 2. The molecule has 0 unspecified atom stereocenters. The monoisotopic (exact) mass is 888 g/mol. The summed E-state index contributed by atoms with van der Waals surface area (Å²) < 4.78 is 3.73. The topological polar surface area (TPSA) is 88.5 Å². The van der Waals surface area contributed by atoms with Gasteiger partial charge < -0.3 is 19.8 Å². The number of para-hydroxylation sites is 4. The van der Waals surface area contributed by atoms with Crippen LogP contribution in [-0.2, 0) is 13.1 Å². The molecule has 0 aliphatic carbocycles. The first kappa shape index (κ1) is 45.6. The molecule has 0 atom stereocenters. The summed E-state index contributed by atoms with van der Waals surface area (Å²) in [5.74, 6) is 0. The third-order valence-electron chi connectivity index (χ3n) is 13.1. The van der Waals surface area contributed by atoms with Crippen molar-refractivity contribution in [3.63, 3.8) is 0 Å². The summed E-state index contributed by atoms with van der Waals surface area (Å²) in [4.78, 5) is 40.8.